The molecule has 0 aromatic heterocycles. The van der Waals surface area contributed by atoms with E-state index in [2.05, 4.69) is 5.32 Å². The third kappa shape index (κ3) is 11.1. The zero-order valence-corrected chi connectivity index (χ0v) is 30.1. The SMILES string of the molecule is CCC(N)(CC)C/C=C/C(=O)N(C)C(Cc1ccc(-c2ccccc2)cc1)C(=O)N(C)C(Cc1ccc(F)c(F)c1)C(=O)NCC(C)(C)CO. The summed E-state index contributed by atoms with van der Waals surface area (Å²) in [6, 6.07) is 18.8. The van der Waals surface area contributed by atoms with Gasteiger partial charge in [0.15, 0.2) is 11.6 Å². The minimum Gasteiger partial charge on any atom is -0.396 e. The molecule has 0 fully saturated rings. The Labute approximate surface area is 295 Å². The van der Waals surface area contributed by atoms with Gasteiger partial charge in [0.2, 0.25) is 17.7 Å². The molecule has 0 aliphatic rings. The predicted octanol–water partition coefficient (Wildman–Crippen LogP) is 5.67. The lowest BCUT2D eigenvalue weighted by molar-refractivity contribution is -0.146. The van der Waals surface area contributed by atoms with Gasteiger partial charge in [0.05, 0.1) is 0 Å². The highest BCUT2D eigenvalue weighted by atomic mass is 19.2. The van der Waals surface area contributed by atoms with Gasteiger partial charge >= 0.3 is 0 Å². The van der Waals surface area contributed by atoms with Crippen LogP contribution in [0, 0.1) is 17.0 Å². The molecule has 0 saturated carbocycles. The lowest BCUT2D eigenvalue weighted by Crippen LogP contribution is -2.56. The molecule has 0 spiro atoms. The fraction of sp³-hybridized carbons (Fsp3) is 0.425. The first kappa shape index (κ1) is 40.0. The Hall–Kier alpha value is -4.41. The Morgan fingerprint density at radius 3 is 2.00 bits per heavy atom. The van der Waals surface area contributed by atoms with E-state index in [0.29, 0.717) is 12.0 Å². The third-order valence-electron chi connectivity index (χ3n) is 9.48. The molecule has 2 unspecified atom stereocenters. The number of carbonyl (C=O) groups is 3. The molecule has 3 rings (SSSR count). The van der Waals surface area contributed by atoms with Crippen molar-refractivity contribution < 1.29 is 28.3 Å². The summed E-state index contributed by atoms with van der Waals surface area (Å²) in [4.78, 5) is 44.3. The molecule has 0 radical (unpaired) electrons. The first-order valence-corrected chi connectivity index (χ1v) is 17.1. The number of aliphatic hydroxyl groups excluding tert-OH is 1. The van der Waals surface area contributed by atoms with Crippen LogP contribution < -0.4 is 11.1 Å². The largest absolute Gasteiger partial charge is 0.396 e. The monoisotopic (exact) mass is 690 g/mol. The number of likely N-dealkylation sites (N-methyl/N-ethyl adjacent to an activating group) is 2. The fourth-order valence-electron chi connectivity index (χ4n) is 5.47. The molecule has 50 heavy (non-hydrogen) atoms. The van der Waals surface area contributed by atoms with Crippen molar-refractivity contribution in [3.8, 4) is 11.1 Å². The maximum Gasteiger partial charge on any atom is 0.246 e. The number of hydrogen-bond donors (Lipinski definition) is 3. The fourth-order valence-corrected chi connectivity index (χ4v) is 5.47. The smallest absolute Gasteiger partial charge is 0.246 e. The Kier molecular flexibility index (Phi) is 14.4. The minimum atomic E-state index is -1.14. The molecule has 8 nitrogen and oxygen atoms in total. The third-order valence-corrected chi connectivity index (χ3v) is 9.48. The molecule has 3 aromatic carbocycles. The van der Waals surface area contributed by atoms with Gasteiger partial charge in [-0.2, -0.15) is 0 Å². The number of nitrogens with two attached hydrogens (primary N) is 1. The summed E-state index contributed by atoms with van der Waals surface area (Å²) < 4.78 is 28.0. The van der Waals surface area contributed by atoms with Gasteiger partial charge in [-0.3, -0.25) is 14.4 Å². The van der Waals surface area contributed by atoms with Gasteiger partial charge in [-0.25, -0.2) is 8.78 Å². The van der Waals surface area contributed by atoms with E-state index in [0.717, 1.165) is 41.7 Å². The average Bonchev–Trinajstić information content (AvgIpc) is 3.12. The van der Waals surface area contributed by atoms with Crippen LogP contribution in [0.5, 0.6) is 0 Å². The summed E-state index contributed by atoms with van der Waals surface area (Å²) in [5.41, 5.74) is 8.47. The normalized spacial score (nSPS) is 13.2. The second-order valence-corrected chi connectivity index (χ2v) is 13.9. The van der Waals surface area contributed by atoms with Crippen molar-refractivity contribution in [2.24, 2.45) is 11.1 Å². The lowest BCUT2D eigenvalue weighted by Gasteiger charge is -2.35. The number of carbonyl (C=O) groups excluding carboxylic acids is 3. The molecule has 0 saturated heterocycles. The molecule has 2 atom stereocenters. The van der Waals surface area contributed by atoms with Crippen molar-refractivity contribution >= 4 is 17.7 Å². The number of nitrogens with zero attached hydrogens (tertiary/aromatic N) is 2. The van der Waals surface area contributed by atoms with Gasteiger partial charge in [-0.1, -0.05) is 94.4 Å². The molecule has 0 aliphatic heterocycles. The van der Waals surface area contributed by atoms with E-state index in [1.807, 2.05) is 68.4 Å². The van der Waals surface area contributed by atoms with Gasteiger partial charge in [0.25, 0.3) is 0 Å². The highest BCUT2D eigenvalue weighted by Crippen LogP contribution is 2.23. The summed E-state index contributed by atoms with van der Waals surface area (Å²) in [5.74, 6) is -3.55. The summed E-state index contributed by atoms with van der Waals surface area (Å²) in [5, 5.41) is 12.5. The van der Waals surface area contributed by atoms with Crippen LogP contribution in [0.2, 0.25) is 0 Å². The second-order valence-electron chi connectivity index (χ2n) is 13.9. The number of halogens is 2. The average molecular weight is 691 g/mol. The predicted molar refractivity (Wildman–Crippen MR) is 194 cm³/mol. The standard InChI is InChI=1S/C40H52F2N4O4/c1-7-40(43,8-2)22-12-15-36(48)45(5)35(24-28-16-19-31(20-17-28)30-13-10-9-11-14-30)38(50)46(6)34(37(49)44-26-39(3,4)27-47)25-29-18-21-32(41)33(42)23-29/h9-21,23,34-35,47H,7-8,22,24-27,43H2,1-6H3,(H,44,49)/b15-12+. The van der Waals surface area contributed by atoms with Crippen LogP contribution in [0.3, 0.4) is 0 Å². The first-order valence-electron chi connectivity index (χ1n) is 17.1. The zero-order chi connectivity index (χ0) is 37.1. The van der Waals surface area contributed by atoms with Crippen molar-refractivity contribution in [1.82, 2.24) is 15.1 Å². The second kappa shape index (κ2) is 18.0. The molecule has 4 N–H and O–H groups in total. The van der Waals surface area contributed by atoms with Crippen LogP contribution in [-0.2, 0) is 27.2 Å². The summed E-state index contributed by atoms with van der Waals surface area (Å²) >= 11 is 0. The summed E-state index contributed by atoms with van der Waals surface area (Å²) in [6.07, 6.45) is 5.14. The van der Waals surface area contributed by atoms with E-state index >= 15 is 0 Å². The Morgan fingerprint density at radius 1 is 0.840 bits per heavy atom. The summed E-state index contributed by atoms with van der Waals surface area (Å²) in [7, 11) is 3.01. The van der Waals surface area contributed by atoms with Gasteiger partial charge in [-0.05, 0) is 59.7 Å². The van der Waals surface area contributed by atoms with Crippen molar-refractivity contribution in [2.75, 3.05) is 27.2 Å². The first-order chi connectivity index (χ1) is 23.6. The zero-order valence-electron chi connectivity index (χ0n) is 30.1. The molecule has 270 valence electrons. The number of rotatable bonds is 17. The van der Waals surface area contributed by atoms with E-state index in [4.69, 9.17) is 5.73 Å². The van der Waals surface area contributed by atoms with E-state index in [9.17, 15) is 28.3 Å². The van der Waals surface area contributed by atoms with Gasteiger partial charge in [-0.15, -0.1) is 0 Å². The van der Waals surface area contributed by atoms with Crippen molar-refractivity contribution in [3.63, 3.8) is 0 Å². The van der Waals surface area contributed by atoms with Gasteiger partial charge in [0.1, 0.15) is 12.1 Å². The number of benzene rings is 3. The topological polar surface area (TPSA) is 116 Å². The number of nitrogens with one attached hydrogen (secondary N) is 1. The Balaban J connectivity index is 1.98. The maximum atomic E-state index is 14.5. The van der Waals surface area contributed by atoms with Gasteiger partial charge < -0.3 is 26.0 Å². The molecular weight excluding hydrogens is 638 g/mol. The molecule has 3 aromatic rings. The molecule has 0 bridgehead atoms. The van der Waals surface area contributed by atoms with Gasteiger partial charge in [0, 0.05) is 51.0 Å². The Morgan fingerprint density at radius 2 is 1.42 bits per heavy atom. The van der Waals surface area contributed by atoms with Crippen molar-refractivity contribution in [1.29, 1.82) is 0 Å². The minimum absolute atomic E-state index is 0.108. The van der Waals surface area contributed by atoms with Crippen LogP contribution in [0.1, 0.15) is 58.1 Å². The Bertz CT molecular complexity index is 1610. The van der Waals surface area contributed by atoms with E-state index in [1.54, 1.807) is 27.0 Å². The number of hydrogen-bond acceptors (Lipinski definition) is 5. The van der Waals surface area contributed by atoms with Crippen LogP contribution >= 0.6 is 0 Å². The maximum absolute atomic E-state index is 14.5. The summed E-state index contributed by atoms with van der Waals surface area (Å²) in [6.45, 7) is 7.46. The molecule has 0 heterocycles. The van der Waals surface area contributed by atoms with E-state index < -0.39 is 52.4 Å². The van der Waals surface area contributed by atoms with E-state index in [1.165, 1.54) is 29.0 Å². The van der Waals surface area contributed by atoms with Crippen LogP contribution in [-0.4, -0.2) is 77.5 Å². The van der Waals surface area contributed by atoms with Crippen LogP contribution in [0.4, 0.5) is 8.78 Å². The molecular formula is C40H52F2N4O4. The molecule has 0 aliphatic carbocycles. The number of aliphatic hydroxyl groups is 1. The highest BCUT2D eigenvalue weighted by Gasteiger charge is 2.35. The van der Waals surface area contributed by atoms with E-state index in [-0.39, 0.29) is 26.0 Å². The van der Waals surface area contributed by atoms with Crippen molar-refractivity contribution in [3.05, 3.63) is 108 Å². The highest BCUT2D eigenvalue weighted by molar-refractivity contribution is 5.95. The quantitative estimate of drug-likeness (QED) is 0.158. The number of amides is 3. The van der Waals surface area contributed by atoms with Crippen LogP contribution in [0.25, 0.3) is 11.1 Å². The van der Waals surface area contributed by atoms with Crippen molar-refractivity contribution in [2.45, 2.75) is 77.4 Å². The lowest BCUT2D eigenvalue weighted by atomic mass is 9.90. The molecule has 3 amide bonds. The molecule has 10 heteroatoms. The van der Waals surface area contributed by atoms with Crippen LogP contribution in [0.15, 0.2) is 84.9 Å².